The molecule has 1 aromatic carbocycles. The highest BCUT2D eigenvalue weighted by molar-refractivity contribution is 6.03. The predicted molar refractivity (Wildman–Crippen MR) is 452 cm³/mol. The number of guanidine groups is 1. The average Bonchev–Trinajstić information content (AvgIpc) is 1.77. The molecule has 16 amide bonds. The van der Waals surface area contributed by atoms with E-state index in [1.54, 1.807) is 91.9 Å². The van der Waals surface area contributed by atoms with E-state index >= 15 is 24.0 Å². The summed E-state index contributed by atoms with van der Waals surface area (Å²) in [5, 5.41) is 74.3. The maximum atomic E-state index is 15.6. The molecule has 13 atom stereocenters. The van der Waals surface area contributed by atoms with Crippen LogP contribution in [-0.2, 0) is 97.5 Å². The van der Waals surface area contributed by atoms with Gasteiger partial charge >= 0.3 is 17.9 Å². The van der Waals surface area contributed by atoms with Crippen LogP contribution in [-0.4, -0.2) is 223 Å². The molecule has 0 fully saturated rings. The van der Waals surface area contributed by atoms with E-state index in [4.69, 9.17) is 28.3 Å². The maximum Gasteiger partial charge on any atom is 0.305 e. The van der Waals surface area contributed by atoms with E-state index < -0.39 is 253 Å². The summed E-state index contributed by atoms with van der Waals surface area (Å²) in [6.07, 6.45) is 0.505. The minimum absolute atomic E-state index is 0.0602. The lowest BCUT2D eigenvalue weighted by molar-refractivity contribution is -0.142. The van der Waals surface area contributed by atoms with Crippen molar-refractivity contribution in [2.24, 2.45) is 46.6 Å². The summed E-state index contributed by atoms with van der Waals surface area (Å²) in [6, 6.07) is -11.4. The SMILES string of the molecule is CC(=O)N[C@@H](CC(N)=O)C(=O)N[C@@H](CC(C)C)C(=O)N[C@]1(C)CCCCCC/C=C/CCC[C@@](C)(C(=O)N[C@@H](CCC(=O)O)C(=O)N[C@@H](CC(C)C)C(=O)N[C@@H](CC(N)=O)C(N)=O)NC(=O)[C@H](Cc2c[nH]c3ccccc23)NC(=O)[C@H](CC(C)C)NC(=O)[C@H](CCCNC(=N)N)NC(=O)[C@H](CC(=O)O)NC(=O)[C@H](CC(C)C)NC(=O)[C@H](CCC(=O)O)NC1=O. The number of hydrogen-bond donors (Lipinski definition) is 23. The van der Waals surface area contributed by atoms with Gasteiger partial charge in [0.15, 0.2) is 5.96 Å². The number of benzene rings is 1. The van der Waals surface area contributed by atoms with Crippen LogP contribution < -0.4 is 97.4 Å². The summed E-state index contributed by atoms with van der Waals surface area (Å²) in [5.41, 5.74) is 18.7. The third kappa shape index (κ3) is 38.8. The molecular formula is C82H130N20O22. The zero-order valence-electron chi connectivity index (χ0n) is 72.6. The highest BCUT2D eigenvalue weighted by Gasteiger charge is 2.44. The Morgan fingerprint density at radius 3 is 1.52 bits per heavy atom. The van der Waals surface area contributed by atoms with Gasteiger partial charge in [0.05, 0.1) is 19.3 Å². The van der Waals surface area contributed by atoms with Gasteiger partial charge in [-0.2, -0.15) is 0 Å². The summed E-state index contributed by atoms with van der Waals surface area (Å²) in [5.74, 6) is -23.2. The minimum Gasteiger partial charge on any atom is -0.481 e. The Morgan fingerprint density at radius 2 is 0.992 bits per heavy atom. The summed E-state index contributed by atoms with van der Waals surface area (Å²) >= 11 is 0. The highest BCUT2D eigenvalue weighted by Crippen LogP contribution is 2.25. The zero-order chi connectivity index (χ0) is 93.5. The lowest BCUT2D eigenvalue weighted by atomic mass is 9.90. The van der Waals surface area contributed by atoms with Crippen molar-refractivity contribution in [1.82, 2.24) is 79.4 Å². The van der Waals surface area contributed by atoms with Gasteiger partial charge in [-0.3, -0.25) is 96.5 Å². The Morgan fingerprint density at radius 1 is 0.508 bits per heavy atom. The molecule has 690 valence electrons. The fourth-order valence-corrected chi connectivity index (χ4v) is 13.8. The van der Waals surface area contributed by atoms with Gasteiger partial charge in [0.25, 0.3) is 0 Å². The fraction of sp³-hybridized carbons (Fsp3) is 0.634. The molecule has 3 rings (SSSR count). The quantitative estimate of drug-likeness (QED) is 0.0162. The number of H-pyrrole nitrogens is 1. The van der Waals surface area contributed by atoms with E-state index in [-0.39, 0.29) is 95.4 Å². The van der Waals surface area contributed by atoms with Gasteiger partial charge in [0.2, 0.25) is 94.5 Å². The van der Waals surface area contributed by atoms with Crippen LogP contribution in [0.25, 0.3) is 10.9 Å². The van der Waals surface area contributed by atoms with Crippen molar-refractivity contribution in [3.63, 3.8) is 0 Å². The Hall–Kier alpha value is -12.3. The van der Waals surface area contributed by atoms with E-state index in [2.05, 4.69) is 79.4 Å². The van der Waals surface area contributed by atoms with E-state index in [1.165, 1.54) is 13.8 Å². The van der Waals surface area contributed by atoms with E-state index in [0.717, 1.165) is 6.92 Å². The van der Waals surface area contributed by atoms with Crippen LogP contribution in [0.3, 0.4) is 0 Å². The molecule has 0 bridgehead atoms. The number of nitrogens with one attached hydrogen (secondary N) is 16. The molecule has 1 aromatic heterocycles. The zero-order valence-corrected chi connectivity index (χ0v) is 72.6. The first-order chi connectivity index (χ1) is 58.0. The Labute approximate surface area is 720 Å². The number of carboxylic acid groups (broad SMARTS) is 3. The van der Waals surface area contributed by atoms with Crippen LogP contribution >= 0.6 is 0 Å². The van der Waals surface area contributed by atoms with Gasteiger partial charge in [0.1, 0.15) is 77.5 Å². The van der Waals surface area contributed by atoms with E-state index in [1.807, 2.05) is 6.08 Å². The van der Waals surface area contributed by atoms with Gasteiger partial charge in [-0.25, -0.2) is 0 Å². The first-order valence-corrected chi connectivity index (χ1v) is 41.8. The second kappa shape index (κ2) is 52.2. The van der Waals surface area contributed by atoms with Crippen molar-refractivity contribution in [3.05, 3.63) is 48.2 Å². The van der Waals surface area contributed by atoms with Gasteiger partial charge in [-0.1, -0.05) is 105 Å². The number of carbonyl (C=O) groups excluding carboxylic acids is 16. The number of rotatable bonds is 38. The second-order valence-electron chi connectivity index (χ2n) is 33.5. The highest BCUT2D eigenvalue weighted by atomic mass is 16.4. The average molecular weight is 1750 g/mol. The van der Waals surface area contributed by atoms with E-state index in [9.17, 15) is 82.4 Å². The Kier molecular flexibility index (Phi) is 44.6. The number of carbonyl (C=O) groups is 19. The molecule has 0 aliphatic carbocycles. The molecule has 2 heterocycles. The maximum absolute atomic E-state index is 15.6. The molecule has 124 heavy (non-hydrogen) atoms. The number of aromatic amines is 1. The Bertz CT molecular complexity index is 4110. The minimum atomic E-state index is -2.10. The first kappa shape index (κ1) is 106. The summed E-state index contributed by atoms with van der Waals surface area (Å²) < 4.78 is 0. The molecular weight excluding hydrogens is 1620 g/mol. The van der Waals surface area contributed by atoms with Crippen LogP contribution in [0.1, 0.15) is 223 Å². The number of carboxylic acids is 3. The van der Waals surface area contributed by atoms with Crippen LogP contribution in [0.4, 0.5) is 0 Å². The molecule has 0 saturated carbocycles. The van der Waals surface area contributed by atoms with Crippen molar-refractivity contribution < 1.29 is 106 Å². The van der Waals surface area contributed by atoms with Crippen molar-refractivity contribution in [3.8, 4) is 0 Å². The monoisotopic (exact) mass is 1750 g/mol. The molecule has 42 nitrogen and oxygen atoms in total. The smallest absolute Gasteiger partial charge is 0.305 e. The number of allylic oxidation sites excluding steroid dienone is 2. The van der Waals surface area contributed by atoms with Gasteiger partial charge in [-0.15, -0.1) is 0 Å². The second-order valence-corrected chi connectivity index (χ2v) is 33.5. The van der Waals surface area contributed by atoms with Gasteiger partial charge in [-0.05, 0) is 139 Å². The summed E-state index contributed by atoms with van der Waals surface area (Å²) in [6.45, 7) is 17.1. The standard InChI is InChI=1S/C82H130N20O22/c1-43(2)34-55(71(116)92-54(67(85)112)39-62(83)104)94-69(114)52(27-29-64(106)107)100-79(124)82(11)32-22-18-16-14-12-13-15-17-21-31-81(10,101-76(121)58(37-46(7)8)96-74(119)60(40-63(84)105)90-47(9)103)78(123)99-53(28-30-65(108)109)70(115)95-57(36-45(5)6)73(118)98-61(41-66(110)111)75(120)91-51(26-23-33-88-80(86)87)68(113)93-56(35-44(3)4)72(117)97-59(77(122)102-82)38-48-42-89-50-25-20-19-24-49(48)50/h14,16,19-20,24-25,42-46,51-61,89H,12-13,15,17-18,21-23,26-41H2,1-11H3,(H2,83,104)(H2,84,105)(H2,85,112)(H,90,103)(H,91,120)(H,92,116)(H,93,113)(H,94,114)(H,95,115)(H,96,119)(H,97,117)(H,98,118)(H,99,123)(H,100,124)(H,101,121)(H,102,122)(H,106,107)(H,108,109)(H,110,111)(H4,86,87,88)/b16-14+/t51-,52-,53-,54-,55-,56-,57-,58-,59-,60-,61-,81+,82-/m0/s1. The van der Waals surface area contributed by atoms with Crippen molar-refractivity contribution in [2.45, 2.75) is 301 Å². The van der Waals surface area contributed by atoms with Crippen molar-refractivity contribution in [2.75, 3.05) is 6.54 Å². The number of amides is 16. The molecule has 0 spiro atoms. The topological polar surface area (TPSA) is 697 Å². The van der Waals surface area contributed by atoms with Gasteiger partial charge < -0.3 is 118 Å². The summed E-state index contributed by atoms with van der Waals surface area (Å²) in [7, 11) is 0. The molecule has 0 saturated heterocycles. The van der Waals surface area contributed by atoms with Crippen LogP contribution in [0.5, 0.6) is 0 Å². The molecule has 0 unspecified atom stereocenters. The molecule has 2 aromatic rings. The summed E-state index contributed by atoms with van der Waals surface area (Å²) in [4.78, 5) is 266. The number of aliphatic carboxylic acids is 3. The molecule has 1 aliphatic heterocycles. The normalized spacial score (nSPS) is 21.9. The van der Waals surface area contributed by atoms with E-state index in [0.29, 0.717) is 42.1 Å². The largest absolute Gasteiger partial charge is 0.481 e. The number of nitrogens with two attached hydrogens (primary N) is 4. The molecule has 0 radical (unpaired) electrons. The third-order valence-corrected chi connectivity index (χ3v) is 20.2. The number of primary amides is 3. The number of aromatic nitrogens is 1. The Balaban J connectivity index is 2.42. The van der Waals surface area contributed by atoms with Crippen molar-refractivity contribution in [1.29, 1.82) is 5.41 Å². The van der Waals surface area contributed by atoms with Crippen LogP contribution in [0, 0.1) is 29.1 Å². The lowest BCUT2D eigenvalue weighted by Crippen LogP contribution is -2.64. The first-order valence-electron chi connectivity index (χ1n) is 41.8. The van der Waals surface area contributed by atoms with Crippen LogP contribution in [0.15, 0.2) is 42.6 Å². The molecule has 27 N–H and O–H groups in total. The molecule has 1 aliphatic rings. The predicted octanol–water partition coefficient (Wildman–Crippen LogP) is -1.22. The van der Waals surface area contributed by atoms with Crippen molar-refractivity contribution >= 4 is 129 Å². The van der Waals surface area contributed by atoms with Gasteiger partial charge in [0, 0.05) is 49.8 Å². The number of hydrogen-bond acceptors (Lipinski definition) is 20. The number of fused-ring (bicyclic) bond motifs is 1. The lowest BCUT2D eigenvalue weighted by Gasteiger charge is -2.34. The van der Waals surface area contributed by atoms with Crippen LogP contribution in [0.2, 0.25) is 0 Å². The molecule has 42 heteroatoms. The third-order valence-electron chi connectivity index (χ3n) is 20.2. The fourth-order valence-electron chi connectivity index (χ4n) is 13.8. The number of para-hydroxylation sites is 1.